The fraction of sp³-hybridized carbons (Fsp3) is 0. The van der Waals surface area contributed by atoms with Gasteiger partial charge >= 0.3 is 0 Å². The first kappa shape index (κ1) is 21.0. The molecular weight excluding hydrogens is 460 g/mol. The van der Waals surface area contributed by atoms with Gasteiger partial charge in [-0.05, 0) is 85.1 Å². The van der Waals surface area contributed by atoms with Crippen molar-refractivity contribution in [2.45, 2.75) is 0 Å². The Balaban J connectivity index is 1.57. The summed E-state index contributed by atoms with van der Waals surface area (Å²) in [5.74, 6) is 0. The molecule has 0 spiro atoms. The number of pyridine rings is 2. The summed E-state index contributed by atoms with van der Waals surface area (Å²) in [5.41, 5.74) is 13.3. The summed E-state index contributed by atoms with van der Waals surface area (Å²) < 4.78 is 0. The summed E-state index contributed by atoms with van der Waals surface area (Å²) >= 11 is 0. The van der Waals surface area contributed by atoms with Gasteiger partial charge in [0.05, 0.1) is 5.52 Å². The maximum absolute atomic E-state index is 4.67. The molecule has 0 N–H and O–H groups in total. The first-order valence-corrected chi connectivity index (χ1v) is 12.9. The maximum atomic E-state index is 4.67. The summed E-state index contributed by atoms with van der Waals surface area (Å²) in [5, 5.41) is 3.74. The van der Waals surface area contributed by atoms with Crippen LogP contribution in [0.2, 0.25) is 0 Å². The topological polar surface area (TPSA) is 25.8 Å². The molecule has 0 unspecified atom stereocenters. The first-order chi connectivity index (χ1) is 18.9. The van der Waals surface area contributed by atoms with E-state index in [1.165, 1.54) is 60.8 Å². The van der Waals surface area contributed by atoms with Gasteiger partial charge in [0.25, 0.3) is 0 Å². The van der Waals surface area contributed by atoms with Crippen LogP contribution in [0.3, 0.4) is 0 Å². The van der Waals surface area contributed by atoms with Crippen LogP contribution in [0.25, 0.3) is 77.3 Å². The van der Waals surface area contributed by atoms with E-state index in [9.17, 15) is 0 Å². The van der Waals surface area contributed by atoms with Crippen molar-refractivity contribution in [1.29, 1.82) is 0 Å². The standard InChI is InChI=1S/C36H22N2/c1-2-8-25(9-3-1)34-31(27-13-6-18-37-22-27)21-30(26-17-16-23-12-7-19-38-32(23)20-26)35-28-14-4-10-24-11-5-15-29(33(24)28)36(34)35/h1-22H. The van der Waals surface area contributed by atoms with E-state index >= 15 is 0 Å². The molecule has 176 valence electrons. The lowest BCUT2D eigenvalue weighted by Crippen LogP contribution is -1.95. The fourth-order valence-corrected chi connectivity index (χ4v) is 6.11. The quantitative estimate of drug-likeness (QED) is 0.251. The van der Waals surface area contributed by atoms with Gasteiger partial charge in [0.15, 0.2) is 0 Å². The highest BCUT2D eigenvalue weighted by Gasteiger charge is 2.30. The van der Waals surface area contributed by atoms with E-state index in [0.717, 1.165) is 16.5 Å². The zero-order chi connectivity index (χ0) is 25.1. The normalized spacial score (nSPS) is 11.7. The molecule has 1 aliphatic rings. The highest BCUT2D eigenvalue weighted by molar-refractivity contribution is 6.22. The third-order valence-corrected chi connectivity index (χ3v) is 7.72. The number of aromatic nitrogens is 2. The van der Waals surface area contributed by atoms with Crippen LogP contribution < -0.4 is 0 Å². The largest absolute Gasteiger partial charge is 0.264 e. The van der Waals surface area contributed by atoms with Crippen LogP contribution >= 0.6 is 0 Å². The predicted octanol–water partition coefficient (Wildman–Crippen LogP) is 9.43. The summed E-state index contributed by atoms with van der Waals surface area (Å²) in [6.45, 7) is 0. The number of nitrogens with zero attached hydrogens (tertiary/aromatic N) is 2. The number of rotatable bonds is 3. The first-order valence-electron chi connectivity index (χ1n) is 12.9. The molecule has 5 aromatic carbocycles. The molecule has 1 aliphatic carbocycles. The van der Waals surface area contributed by atoms with Crippen molar-refractivity contribution in [2.24, 2.45) is 0 Å². The zero-order valence-electron chi connectivity index (χ0n) is 20.6. The van der Waals surface area contributed by atoms with Gasteiger partial charge in [0, 0.05) is 29.5 Å². The summed E-state index contributed by atoms with van der Waals surface area (Å²) in [6, 6.07) is 41.4. The minimum atomic E-state index is 1.00. The molecule has 2 heterocycles. The van der Waals surface area contributed by atoms with Crippen LogP contribution in [0.15, 0.2) is 134 Å². The van der Waals surface area contributed by atoms with Crippen LogP contribution in [-0.4, -0.2) is 9.97 Å². The second-order valence-electron chi connectivity index (χ2n) is 9.82. The average Bonchev–Trinajstić information content (AvgIpc) is 3.33. The second-order valence-corrected chi connectivity index (χ2v) is 9.82. The van der Waals surface area contributed by atoms with Gasteiger partial charge in [-0.3, -0.25) is 9.97 Å². The molecule has 0 fully saturated rings. The Morgan fingerprint density at radius 2 is 1.16 bits per heavy atom. The Kier molecular flexibility index (Phi) is 4.55. The molecule has 0 saturated heterocycles. The van der Waals surface area contributed by atoms with Crippen molar-refractivity contribution in [3.63, 3.8) is 0 Å². The summed E-state index contributed by atoms with van der Waals surface area (Å²) in [6.07, 6.45) is 5.68. The smallest absolute Gasteiger partial charge is 0.0708 e. The van der Waals surface area contributed by atoms with Crippen LogP contribution in [-0.2, 0) is 0 Å². The maximum Gasteiger partial charge on any atom is 0.0708 e. The Bertz CT molecular complexity index is 2000. The molecule has 0 atom stereocenters. The van der Waals surface area contributed by atoms with Gasteiger partial charge in [-0.2, -0.15) is 0 Å². The SMILES string of the molecule is c1ccc(-c2c(-c3cccnc3)cc(-c3ccc4cccnc4c3)c3c2-c2cccc4cccc-3c24)cc1. The van der Waals surface area contributed by atoms with E-state index in [-0.39, 0.29) is 0 Å². The van der Waals surface area contributed by atoms with Gasteiger partial charge in [-0.15, -0.1) is 0 Å². The van der Waals surface area contributed by atoms with E-state index < -0.39 is 0 Å². The monoisotopic (exact) mass is 482 g/mol. The lowest BCUT2D eigenvalue weighted by molar-refractivity contribution is 1.33. The van der Waals surface area contributed by atoms with Crippen molar-refractivity contribution in [2.75, 3.05) is 0 Å². The molecule has 0 bridgehead atoms. The van der Waals surface area contributed by atoms with Gasteiger partial charge in [-0.25, -0.2) is 0 Å². The Labute approximate surface area is 220 Å². The van der Waals surface area contributed by atoms with Crippen LogP contribution in [0.5, 0.6) is 0 Å². The highest BCUT2D eigenvalue weighted by atomic mass is 14.6. The minimum Gasteiger partial charge on any atom is -0.264 e. The van der Waals surface area contributed by atoms with Crippen molar-refractivity contribution >= 4 is 21.7 Å². The molecule has 2 aromatic heterocycles. The van der Waals surface area contributed by atoms with E-state index in [2.05, 4.69) is 113 Å². The molecule has 8 rings (SSSR count). The fourth-order valence-electron chi connectivity index (χ4n) is 6.11. The summed E-state index contributed by atoms with van der Waals surface area (Å²) in [4.78, 5) is 9.18. The van der Waals surface area contributed by atoms with Gasteiger partial charge in [0.2, 0.25) is 0 Å². The molecule has 0 amide bonds. The average molecular weight is 483 g/mol. The third-order valence-electron chi connectivity index (χ3n) is 7.72. The lowest BCUT2D eigenvalue weighted by Gasteiger charge is -2.20. The van der Waals surface area contributed by atoms with E-state index in [4.69, 9.17) is 0 Å². The molecule has 0 radical (unpaired) electrons. The minimum absolute atomic E-state index is 1.00. The molecule has 0 saturated carbocycles. The molecule has 2 heteroatoms. The molecule has 38 heavy (non-hydrogen) atoms. The second kappa shape index (κ2) is 8.22. The van der Waals surface area contributed by atoms with E-state index in [1.54, 1.807) is 0 Å². The van der Waals surface area contributed by atoms with Crippen LogP contribution in [0.1, 0.15) is 0 Å². The Morgan fingerprint density at radius 3 is 1.97 bits per heavy atom. The summed E-state index contributed by atoms with van der Waals surface area (Å²) in [7, 11) is 0. The Morgan fingerprint density at radius 1 is 0.421 bits per heavy atom. The molecule has 0 aliphatic heterocycles. The highest BCUT2D eigenvalue weighted by Crippen LogP contribution is 2.57. The predicted molar refractivity (Wildman–Crippen MR) is 158 cm³/mol. The van der Waals surface area contributed by atoms with Crippen molar-refractivity contribution in [3.8, 4) is 55.6 Å². The number of benzene rings is 5. The number of fused-ring (bicyclic) bond motifs is 4. The van der Waals surface area contributed by atoms with Crippen molar-refractivity contribution < 1.29 is 0 Å². The van der Waals surface area contributed by atoms with Crippen molar-refractivity contribution in [3.05, 3.63) is 134 Å². The zero-order valence-corrected chi connectivity index (χ0v) is 20.6. The lowest BCUT2D eigenvalue weighted by atomic mass is 9.82. The number of hydrogen-bond acceptors (Lipinski definition) is 2. The van der Waals surface area contributed by atoms with E-state index in [1.807, 2.05) is 30.7 Å². The molecule has 7 aromatic rings. The van der Waals surface area contributed by atoms with Gasteiger partial charge < -0.3 is 0 Å². The van der Waals surface area contributed by atoms with Crippen LogP contribution in [0.4, 0.5) is 0 Å². The Hall–Kier alpha value is -5.08. The van der Waals surface area contributed by atoms with Gasteiger partial charge in [0.1, 0.15) is 0 Å². The van der Waals surface area contributed by atoms with Crippen molar-refractivity contribution in [1.82, 2.24) is 9.97 Å². The molecular formula is C36H22N2. The van der Waals surface area contributed by atoms with E-state index in [0.29, 0.717) is 0 Å². The third kappa shape index (κ3) is 3.07. The number of hydrogen-bond donors (Lipinski definition) is 0. The molecule has 2 nitrogen and oxygen atoms in total. The van der Waals surface area contributed by atoms with Gasteiger partial charge in [-0.1, -0.05) is 91.0 Å². The van der Waals surface area contributed by atoms with Crippen LogP contribution in [0, 0.1) is 0 Å².